The molecule has 2 aromatic rings. The molecule has 1 aromatic heterocycles. The number of hydrogen-bond acceptors (Lipinski definition) is 7. The Hall–Kier alpha value is -3.44. The first-order chi connectivity index (χ1) is 18.2. The van der Waals surface area contributed by atoms with E-state index in [-0.39, 0.29) is 29.2 Å². The van der Waals surface area contributed by atoms with Crippen LogP contribution in [0.15, 0.2) is 35.4 Å². The topological polar surface area (TPSA) is 148 Å². The van der Waals surface area contributed by atoms with Crippen LogP contribution < -0.4 is 22.2 Å². The molecule has 1 aromatic carbocycles. The molecule has 10 nitrogen and oxygen atoms in total. The van der Waals surface area contributed by atoms with Gasteiger partial charge < -0.3 is 21.1 Å². The number of ether oxygens (including phenoxy) is 1. The number of amidine groups is 1. The Morgan fingerprint density at radius 1 is 1.21 bits per heavy atom. The van der Waals surface area contributed by atoms with Crippen LogP contribution in [0, 0.1) is 12.7 Å². The molecule has 1 saturated carbocycles. The lowest BCUT2D eigenvalue weighted by Crippen LogP contribution is -2.39. The Morgan fingerprint density at radius 2 is 1.87 bits per heavy atom. The van der Waals surface area contributed by atoms with Gasteiger partial charge in [0.25, 0.3) is 5.91 Å². The summed E-state index contributed by atoms with van der Waals surface area (Å²) in [6.45, 7) is 7.56. The number of nitrogens with zero attached hydrogens (tertiary/aromatic N) is 3. The Labute approximate surface area is 234 Å². The zero-order chi connectivity index (χ0) is 29.2. The van der Waals surface area contributed by atoms with Crippen LogP contribution in [0.4, 0.5) is 9.18 Å². The van der Waals surface area contributed by atoms with Crippen LogP contribution >= 0.6 is 11.6 Å². The van der Waals surface area contributed by atoms with E-state index in [1.54, 1.807) is 19.1 Å². The molecule has 0 spiro atoms. The van der Waals surface area contributed by atoms with Gasteiger partial charge in [-0.25, -0.2) is 25.1 Å². The van der Waals surface area contributed by atoms with Gasteiger partial charge in [-0.2, -0.15) is 0 Å². The van der Waals surface area contributed by atoms with Gasteiger partial charge in [0.15, 0.2) is 5.84 Å². The second kappa shape index (κ2) is 14.6. The van der Waals surface area contributed by atoms with Gasteiger partial charge in [0, 0.05) is 30.9 Å². The van der Waals surface area contributed by atoms with Gasteiger partial charge in [-0.15, -0.1) is 5.10 Å². The minimum absolute atomic E-state index is 0.00222. The minimum atomic E-state index is -0.513. The lowest BCUT2D eigenvalue weighted by atomic mass is 9.96. The van der Waals surface area contributed by atoms with Crippen LogP contribution in [-0.2, 0) is 11.3 Å². The summed E-state index contributed by atoms with van der Waals surface area (Å²) >= 11 is 5.72. The summed E-state index contributed by atoms with van der Waals surface area (Å²) in [5.74, 6) is 4.68. The number of aromatic nitrogens is 1. The number of aryl methyl sites for hydroxylation is 1. The van der Waals surface area contributed by atoms with E-state index in [4.69, 9.17) is 27.9 Å². The van der Waals surface area contributed by atoms with Crippen molar-refractivity contribution in [2.45, 2.75) is 78.0 Å². The predicted octanol–water partition coefficient (Wildman–Crippen LogP) is 4.38. The third kappa shape index (κ3) is 11.9. The van der Waals surface area contributed by atoms with Crippen molar-refractivity contribution in [3.63, 3.8) is 0 Å². The highest BCUT2D eigenvalue weighted by molar-refractivity contribution is 6.30. The van der Waals surface area contributed by atoms with Gasteiger partial charge in [-0.1, -0.05) is 36.9 Å². The molecule has 3 rings (SSSR count). The van der Waals surface area contributed by atoms with Crippen molar-refractivity contribution < 1.29 is 18.7 Å². The number of hydrazone groups is 1. The lowest BCUT2D eigenvalue weighted by molar-refractivity contribution is 0.0493. The SMILES string of the molecule is CC(C)(C)OC(=O)NC1CCCCC1.Cc1cc(/C(N)=N/N(C)N)cc(C(=O)NCc2ccc(F)c(Cl)c2)n1. The number of carbonyl (C=O) groups is 2. The van der Waals surface area contributed by atoms with Crippen LogP contribution in [0.25, 0.3) is 0 Å². The van der Waals surface area contributed by atoms with E-state index < -0.39 is 17.3 Å². The molecule has 6 N–H and O–H groups in total. The minimum Gasteiger partial charge on any atom is -0.444 e. The van der Waals surface area contributed by atoms with Crippen molar-refractivity contribution in [2.24, 2.45) is 16.7 Å². The van der Waals surface area contributed by atoms with Gasteiger partial charge >= 0.3 is 6.09 Å². The fourth-order valence-corrected chi connectivity index (χ4v) is 4.01. The maximum Gasteiger partial charge on any atom is 0.407 e. The predicted molar refractivity (Wildman–Crippen MR) is 150 cm³/mol. The van der Waals surface area contributed by atoms with Gasteiger partial charge in [-0.3, -0.25) is 4.79 Å². The molecule has 39 heavy (non-hydrogen) atoms. The second-order valence-corrected chi connectivity index (χ2v) is 10.8. The third-order valence-electron chi connectivity index (χ3n) is 5.51. The summed E-state index contributed by atoms with van der Waals surface area (Å²) in [7, 11) is 1.53. The highest BCUT2D eigenvalue weighted by Crippen LogP contribution is 2.18. The van der Waals surface area contributed by atoms with E-state index in [9.17, 15) is 14.0 Å². The van der Waals surface area contributed by atoms with Crippen molar-refractivity contribution in [1.29, 1.82) is 0 Å². The first-order valence-corrected chi connectivity index (χ1v) is 13.1. The smallest absolute Gasteiger partial charge is 0.407 e. The maximum atomic E-state index is 13.2. The van der Waals surface area contributed by atoms with Crippen molar-refractivity contribution in [3.8, 4) is 0 Å². The molecule has 0 saturated heterocycles. The average Bonchev–Trinajstić information content (AvgIpc) is 2.83. The van der Waals surface area contributed by atoms with Gasteiger partial charge in [-0.05, 0) is 70.4 Å². The van der Waals surface area contributed by atoms with Crippen molar-refractivity contribution in [1.82, 2.24) is 20.7 Å². The van der Waals surface area contributed by atoms with Crippen molar-refractivity contribution >= 4 is 29.4 Å². The first-order valence-electron chi connectivity index (χ1n) is 12.8. The van der Waals surface area contributed by atoms with Crippen LogP contribution in [-0.4, -0.2) is 46.6 Å². The summed E-state index contributed by atoms with van der Waals surface area (Å²) in [5.41, 5.74) is 7.43. The molecular weight excluding hydrogens is 525 g/mol. The van der Waals surface area contributed by atoms with Crippen molar-refractivity contribution in [2.75, 3.05) is 7.05 Å². The number of alkyl carbamates (subject to hydrolysis) is 1. The van der Waals surface area contributed by atoms with E-state index in [1.807, 2.05) is 20.8 Å². The average molecular weight is 564 g/mol. The molecule has 0 aliphatic heterocycles. The zero-order valence-electron chi connectivity index (χ0n) is 23.2. The number of benzene rings is 1. The number of hydrazine groups is 1. The number of pyridine rings is 1. The third-order valence-corrected chi connectivity index (χ3v) is 5.80. The summed E-state index contributed by atoms with van der Waals surface area (Å²) in [6.07, 6.45) is 5.66. The van der Waals surface area contributed by atoms with Crippen LogP contribution in [0.5, 0.6) is 0 Å². The van der Waals surface area contributed by atoms with E-state index in [1.165, 1.54) is 44.5 Å². The summed E-state index contributed by atoms with van der Waals surface area (Å²) in [6, 6.07) is 7.78. The number of hydrogen-bond donors (Lipinski definition) is 4. The Morgan fingerprint density at radius 3 is 2.46 bits per heavy atom. The highest BCUT2D eigenvalue weighted by Gasteiger charge is 2.20. The molecule has 0 bridgehead atoms. The fraction of sp³-hybridized carbons (Fsp3) is 0.481. The molecule has 214 valence electrons. The molecule has 2 amide bonds. The van der Waals surface area contributed by atoms with Crippen LogP contribution in [0.3, 0.4) is 0 Å². The summed E-state index contributed by atoms with van der Waals surface area (Å²) in [5, 5.41) is 10.6. The molecule has 1 fully saturated rings. The molecule has 0 atom stereocenters. The molecule has 1 heterocycles. The monoisotopic (exact) mass is 563 g/mol. The van der Waals surface area contributed by atoms with Gasteiger partial charge in [0.1, 0.15) is 17.1 Å². The van der Waals surface area contributed by atoms with Gasteiger partial charge in [0.2, 0.25) is 0 Å². The quantitative estimate of drug-likeness (QED) is 0.176. The van der Waals surface area contributed by atoms with E-state index in [2.05, 4.69) is 20.7 Å². The highest BCUT2D eigenvalue weighted by atomic mass is 35.5. The first kappa shape index (κ1) is 31.8. The molecule has 1 aliphatic carbocycles. The van der Waals surface area contributed by atoms with E-state index in [0.29, 0.717) is 22.9 Å². The number of rotatable bonds is 6. The number of carbonyl (C=O) groups excluding carboxylic acids is 2. The number of amides is 2. The number of halogens is 2. The Bertz CT molecular complexity index is 1160. The lowest BCUT2D eigenvalue weighted by Gasteiger charge is -2.25. The van der Waals surface area contributed by atoms with E-state index in [0.717, 1.165) is 18.0 Å². The van der Waals surface area contributed by atoms with Gasteiger partial charge in [0.05, 0.1) is 5.02 Å². The molecular formula is C27H39ClFN7O3. The van der Waals surface area contributed by atoms with E-state index >= 15 is 0 Å². The number of nitrogens with two attached hydrogens (primary N) is 2. The number of nitrogens with one attached hydrogen (secondary N) is 2. The Balaban J connectivity index is 0.000000322. The standard InChI is InChI=1S/C16H18ClFN6O.C11H21NO2/c1-9-5-11(15(19)23-24(2)20)7-14(22-9)16(25)21-8-10-3-4-13(18)12(17)6-10;1-11(2,3)14-10(13)12-9-7-5-4-6-8-9/h3-7H,8,20H2,1-2H3,(H2,19,23)(H,21,25);9H,4-8H2,1-3H3,(H,12,13). The fourth-order valence-electron chi connectivity index (χ4n) is 3.80. The molecule has 0 unspecified atom stereocenters. The normalized spacial score (nSPS) is 14.1. The second-order valence-electron chi connectivity index (χ2n) is 10.4. The molecule has 0 radical (unpaired) electrons. The molecule has 12 heteroatoms. The zero-order valence-corrected chi connectivity index (χ0v) is 23.9. The Kier molecular flexibility index (Phi) is 11.9. The largest absolute Gasteiger partial charge is 0.444 e. The van der Waals surface area contributed by atoms with Crippen molar-refractivity contribution in [3.05, 3.63) is 63.7 Å². The summed E-state index contributed by atoms with van der Waals surface area (Å²) in [4.78, 5) is 27.9. The summed E-state index contributed by atoms with van der Waals surface area (Å²) < 4.78 is 18.3. The molecule has 1 aliphatic rings. The van der Waals surface area contributed by atoms with Crippen LogP contribution in [0.1, 0.15) is 80.2 Å². The van der Waals surface area contributed by atoms with Crippen LogP contribution in [0.2, 0.25) is 5.02 Å². The maximum absolute atomic E-state index is 13.2.